The van der Waals surface area contributed by atoms with Gasteiger partial charge < -0.3 is 10.4 Å². The molecule has 0 unspecified atom stereocenters. The van der Waals surface area contributed by atoms with Crippen molar-refractivity contribution in [3.05, 3.63) is 46.5 Å². The third kappa shape index (κ3) is 3.94. The molecule has 122 valence electrons. The Morgan fingerprint density at radius 1 is 1.30 bits per heavy atom. The molecule has 2 N–H and O–H groups in total. The normalized spacial score (nSPS) is 10.6. The molecular formula is C16H18FN3O3. The van der Waals surface area contributed by atoms with Gasteiger partial charge in [0.05, 0.1) is 23.5 Å². The molecule has 2 rings (SSSR count). The van der Waals surface area contributed by atoms with E-state index in [9.17, 15) is 14.0 Å². The zero-order chi connectivity index (χ0) is 17.1. The van der Waals surface area contributed by atoms with Crippen LogP contribution in [0.2, 0.25) is 0 Å². The number of carboxylic acids is 1. The van der Waals surface area contributed by atoms with E-state index in [1.165, 1.54) is 10.7 Å². The molecule has 0 aliphatic rings. The Morgan fingerprint density at radius 3 is 2.61 bits per heavy atom. The van der Waals surface area contributed by atoms with Gasteiger partial charge in [0.15, 0.2) is 0 Å². The molecular weight excluding hydrogens is 301 g/mol. The van der Waals surface area contributed by atoms with Crippen molar-refractivity contribution in [3.63, 3.8) is 0 Å². The molecule has 6 nitrogen and oxygen atoms in total. The molecule has 0 saturated heterocycles. The third-order valence-electron chi connectivity index (χ3n) is 3.53. The van der Waals surface area contributed by atoms with Gasteiger partial charge in [-0.25, -0.2) is 4.39 Å². The Labute approximate surface area is 132 Å². The average molecular weight is 319 g/mol. The highest BCUT2D eigenvalue weighted by molar-refractivity contribution is 5.93. The zero-order valence-corrected chi connectivity index (χ0v) is 13.2. The number of halogens is 1. The lowest BCUT2D eigenvalue weighted by molar-refractivity contribution is -0.137. The van der Waals surface area contributed by atoms with E-state index in [1.807, 2.05) is 0 Å². The molecule has 0 bridgehead atoms. The second-order valence-electron chi connectivity index (χ2n) is 5.41. The van der Waals surface area contributed by atoms with E-state index in [4.69, 9.17) is 5.11 Å². The van der Waals surface area contributed by atoms with Crippen LogP contribution in [0.5, 0.6) is 0 Å². The molecule has 0 atom stereocenters. The summed E-state index contributed by atoms with van der Waals surface area (Å²) in [6.07, 6.45) is 0.0280. The first-order valence-corrected chi connectivity index (χ1v) is 7.08. The maximum absolute atomic E-state index is 13.5. The number of rotatable bonds is 5. The van der Waals surface area contributed by atoms with Gasteiger partial charge in [-0.15, -0.1) is 0 Å². The number of nitrogens with zero attached hydrogens (tertiary/aromatic N) is 2. The number of hydrogen-bond acceptors (Lipinski definition) is 3. The number of nitrogens with one attached hydrogen (secondary N) is 1. The number of benzene rings is 1. The zero-order valence-electron chi connectivity index (χ0n) is 13.2. The summed E-state index contributed by atoms with van der Waals surface area (Å²) in [6, 6.07) is 4.66. The first kappa shape index (κ1) is 16.7. The number of amides is 1. The van der Waals surface area contributed by atoms with Gasteiger partial charge in [0.2, 0.25) is 5.91 Å². The average Bonchev–Trinajstić information content (AvgIpc) is 2.70. The molecule has 7 heteroatoms. The second-order valence-corrected chi connectivity index (χ2v) is 5.41. The Balaban J connectivity index is 2.12. The monoisotopic (exact) mass is 319 g/mol. The summed E-state index contributed by atoms with van der Waals surface area (Å²) in [5.41, 5.74) is 2.68. The standard InChI is InChI=1S/C16H18FN3O3/c1-9-4-5-12(6-13(9)17)7-14(21)18-16-10(2)19-20(11(16)3)8-15(22)23/h4-6H,7-8H2,1-3H3,(H,18,21)(H,22,23). The number of anilines is 1. The Kier molecular flexibility index (Phi) is 4.78. The van der Waals surface area contributed by atoms with E-state index in [0.29, 0.717) is 28.2 Å². The van der Waals surface area contributed by atoms with E-state index in [0.717, 1.165) is 0 Å². The van der Waals surface area contributed by atoms with Crippen molar-refractivity contribution in [3.8, 4) is 0 Å². The molecule has 1 amide bonds. The summed E-state index contributed by atoms with van der Waals surface area (Å²) in [6.45, 7) is 4.76. The van der Waals surface area contributed by atoms with Gasteiger partial charge >= 0.3 is 5.97 Å². The fourth-order valence-electron chi connectivity index (χ4n) is 2.28. The third-order valence-corrected chi connectivity index (χ3v) is 3.53. The minimum absolute atomic E-state index is 0.0280. The van der Waals surface area contributed by atoms with Crippen LogP contribution in [0.15, 0.2) is 18.2 Å². The summed E-state index contributed by atoms with van der Waals surface area (Å²) in [7, 11) is 0. The number of carbonyl (C=O) groups is 2. The van der Waals surface area contributed by atoms with E-state index < -0.39 is 5.97 Å². The van der Waals surface area contributed by atoms with E-state index >= 15 is 0 Å². The molecule has 0 radical (unpaired) electrons. The molecule has 0 aliphatic carbocycles. The van der Waals surface area contributed by atoms with Crippen molar-refractivity contribution in [1.29, 1.82) is 0 Å². The van der Waals surface area contributed by atoms with Crippen molar-refractivity contribution in [2.75, 3.05) is 5.32 Å². The van der Waals surface area contributed by atoms with Crippen LogP contribution in [0.3, 0.4) is 0 Å². The van der Waals surface area contributed by atoms with Gasteiger partial charge in [-0.05, 0) is 38.0 Å². The van der Waals surface area contributed by atoms with Crippen LogP contribution in [0.25, 0.3) is 0 Å². The quantitative estimate of drug-likeness (QED) is 0.885. The van der Waals surface area contributed by atoms with Gasteiger partial charge in [0.1, 0.15) is 12.4 Å². The van der Waals surface area contributed by atoms with Crippen LogP contribution >= 0.6 is 0 Å². The smallest absolute Gasteiger partial charge is 0.325 e. The van der Waals surface area contributed by atoms with Gasteiger partial charge in [0, 0.05) is 0 Å². The van der Waals surface area contributed by atoms with Crippen LogP contribution in [-0.4, -0.2) is 26.8 Å². The number of carbonyl (C=O) groups excluding carboxylic acids is 1. The van der Waals surface area contributed by atoms with Gasteiger partial charge in [0.25, 0.3) is 0 Å². The van der Waals surface area contributed by atoms with E-state index in [2.05, 4.69) is 10.4 Å². The highest BCUT2D eigenvalue weighted by Crippen LogP contribution is 2.20. The summed E-state index contributed by atoms with van der Waals surface area (Å²) >= 11 is 0. The van der Waals surface area contributed by atoms with Crippen LogP contribution in [0.1, 0.15) is 22.5 Å². The van der Waals surface area contributed by atoms with Crippen LogP contribution < -0.4 is 5.32 Å². The van der Waals surface area contributed by atoms with Crippen LogP contribution in [0.4, 0.5) is 10.1 Å². The second kappa shape index (κ2) is 6.60. The Bertz CT molecular complexity index is 768. The molecule has 0 aliphatic heterocycles. The van der Waals surface area contributed by atoms with E-state index in [1.54, 1.807) is 32.9 Å². The minimum Gasteiger partial charge on any atom is -0.480 e. The fraction of sp³-hybridized carbons (Fsp3) is 0.312. The van der Waals surface area contributed by atoms with Gasteiger partial charge in [-0.2, -0.15) is 5.10 Å². The molecule has 23 heavy (non-hydrogen) atoms. The van der Waals surface area contributed by atoms with Crippen molar-refractivity contribution in [2.24, 2.45) is 0 Å². The summed E-state index contributed by atoms with van der Waals surface area (Å²) in [5.74, 6) is -1.67. The minimum atomic E-state index is -1.01. The number of aliphatic carboxylic acids is 1. The van der Waals surface area contributed by atoms with Crippen molar-refractivity contribution in [2.45, 2.75) is 33.7 Å². The predicted molar refractivity (Wildman–Crippen MR) is 82.8 cm³/mol. The number of aryl methyl sites for hydroxylation is 2. The predicted octanol–water partition coefficient (Wildman–Crippen LogP) is 2.21. The van der Waals surface area contributed by atoms with Crippen LogP contribution in [0, 0.1) is 26.6 Å². The molecule has 1 heterocycles. The maximum Gasteiger partial charge on any atom is 0.325 e. The van der Waals surface area contributed by atoms with E-state index in [-0.39, 0.29) is 24.7 Å². The lowest BCUT2D eigenvalue weighted by Crippen LogP contribution is -2.16. The summed E-state index contributed by atoms with van der Waals surface area (Å²) in [4.78, 5) is 22.9. The molecule has 0 fully saturated rings. The lowest BCUT2D eigenvalue weighted by Gasteiger charge is -2.07. The number of hydrogen-bond donors (Lipinski definition) is 2. The molecule has 2 aromatic rings. The highest BCUT2D eigenvalue weighted by atomic mass is 19.1. The molecule has 0 saturated carbocycles. The highest BCUT2D eigenvalue weighted by Gasteiger charge is 2.16. The number of aromatic nitrogens is 2. The largest absolute Gasteiger partial charge is 0.480 e. The number of carboxylic acid groups (broad SMARTS) is 1. The topological polar surface area (TPSA) is 84.2 Å². The van der Waals surface area contributed by atoms with Gasteiger partial charge in [-0.3, -0.25) is 14.3 Å². The Morgan fingerprint density at radius 2 is 2.00 bits per heavy atom. The first-order chi connectivity index (χ1) is 10.8. The summed E-state index contributed by atoms with van der Waals surface area (Å²) in [5, 5.41) is 15.6. The molecule has 0 spiro atoms. The lowest BCUT2D eigenvalue weighted by atomic mass is 10.1. The Hall–Kier alpha value is -2.70. The molecule has 1 aromatic carbocycles. The van der Waals surface area contributed by atoms with Gasteiger partial charge in [-0.1, -0.05) is 12.1 Å². The van der Waals surface area contributed by atoms with Crippen molar-refractivity contribution < 1.29 is 19.1 Å². The van der Waals surface area contributed by atoms with Crippen LogP contribution in [-0.2, 0) is 22.6 Å². The summed E-state index contributed by atoms with van der Waals surface area (Å²) < 4.78 is 14.8. The van der Waals surface area contributed by atoms with Crippen molar-refractivity contribution >= 4 is 17.6 Å². The maximum atomic E-state index is 13.5. The fourth-order valence-corrected chi connectivity index (χ4v) is 2.28. The first-order valence-electron chi connectivity index (χ1n) is 7.08. The van der Waals surface area contributed by atoms with Crippen molar-refractivity contribution in [1.82, 2.24) is 9.78 Å². The SMILES string of the molecule is Cc1ccc(CC(=O)Nc2c(C)nn(CC(=O)O)c2C)cc1F. The molecule has 1 aromatic heterocycles.